The van der Waals surface area contributed by atoms with Crippen molar-refractivity contribution >= 4 is 41.3 Å². The normalized spacial score (nSPS) is 10.6. The molecule has 128 valence electrons. The zero-order valence-electron chi connectivity index (χ0n) is 14.0. The summed E-state index contributed by atoms with van der Waals surface area (Å²) in [6, 6.07) is 14.0. The van der Waals surface area contributed by atoms with E-state index in [9.17, 15) is 0 Å². The number of thiophene rings is 1. The molecule has 0 spiro atoms. The second-order valence-corrected chi connectivity index (χ2v) is 6.26. The molecular weight excluding hydrogens is 431 g/mol. The van der Waals surface area contributed by atoms with Gasteiger partial charge in [0.2, 0.25) is 0 Å². The van der Waals surface area contributed by atoms with Crippen LogP contribution in [0.1, 0.15) is 22.9 Å². The third-order valence-electron chi connectivity index (χ3n) is 3.46. The van der Waals surface area contributed by atoms with E-state index in [-0.39, 0.29) is 24.0 Å². The topological polar surface area (TPSA) is 51.4 Å². The number of nitrogens with one attached hydrogen (secondary N) is 1. The van der Waals surface area contributed by atoms with Crippen LogP contribution in [0.15, 0.2) is 46.8 Å². The number of halogens is 1. The van der Waals surface area contributed by atoms with Crippen LogP contribution in [-0.2, 0) is 13.0 Å². The lowest BCUT2D eigenvalue weighted by Gasteiger charge is -2.21. The lowest BCUT2D eigenvalue weighted by molar-refractivity contribution is 0.486. The predicted octanol–water partition coefficient (Wildman–Crippen LogP) is 3.88. The number of hydrogen-bond acceptors (Lipinski definition) is 3. The Morgan fingerprint density at radius 2 is 2.04 bits per heavy atom. The maximum Gasteiger partial charge on any atom is 0.193 e. The molecule has 0 fully saturated rings. The lowest BCUT2D eigenvalue weighted by Crippen LogP contribution is -2.39. The molecule has 0 aliphatic heterocycles. The van der Waals surface area contributed by atoms with Crippen LogP contribution in [-0.4, -0.2) is 31.0 Å². The van der Waals surface area contributed by atoms with Crippen LogP contribution in [0.25, 0.3) is 0 Å². The van der Waals surface area contributed by atoms with Crippen LogP contribution in [0, 0.1) is 11.3 Å². The average molecular weight is 454 g/mol. The van der Waals surface area contributed by atoms with E-state index in [1.165, 1.54) is 4.88 Å². The van der Waals surface area contributed by atoms with Gasteiger partial charge in [-0.25, -0.2) is 4.99 Å². The minimum atomic E-state index is 0. The summed E-state index contributed by atoms with van der Waals surface area (Å²) in [5.41, 5.74) is 1.78. The Kier molecular flexibility index (Phi) is 9.42. The van der Waals surface area contributed by atoms with Crippen molar-refractivity contribution in [2.75, 3.05) is 20.1 Å². The van der Waals surface area contributed by atoms with Gasteiger partial charge in [-0.15, -0.1) is 35.3 Å². The third kappa shape index (κ3) is 6.49. The van der Waals surface area contributed by atoms with E-state index < -0.39 is 0 Å². The van der Waals surface area contributed by atoms with Crippen molar-refractivity contribution in [3.05, 3.63) is 57.8 Å². The molecule has 0 saturated heterocycles. The molecule has 1 aromatic carbocycles. The lowest BCUT2D eigenvalue weighted by atomic mass is 10.1. The van der Waals surface area contributed by atoms with Crippen LogP contribution in [0.3, 0.4) is 0 Å². The molecule has 0 unspecified atom stereocenters. The zero-order valence-corrected chi connectivity index (χ0v) is 17.2. The first-order valence-electron chi connectivity index (χ1n) is 7.73. The highest BCUT2D eigenvalue weighted by Gasteiger charge is 2.06. The Hall–Kier alpha value is -1.59. The first kappa shape index (κ1) is 20.5. The van der Waals surface area contributed by atoms with Gasteiger partial charge in [-0.05, 0) is 42.5 Å². The number of rotatable bonds is 6. The Labute approximate surface area is 165 Å². The molecule has 1 aromatic heterocycles. The number of aliphatic imine (C=N–C) groups is 1. The Bertz CT molecular complexity index is 659. The smallest absolute Gasteiger partial charge is 0.193 e. The second kappa shape index (κ2) is 11.0. The van der Waals surface area contributed by atoms with Crippen molar-refractivity contribution in [1.82, 2.24) is 10.2 Å². The van der Waals surface area contributed by atoms with E-state index in [2.05, 4.69) is 47.8 Å². The highest BCUT2D eigenvalue weighted by molar-refractivity contribution is 14.0. The molecule has 2 rings (SSSR count). The van der Waals surface area contributed by atoms with Gasteiger partial charge in [-0.3, -0.25) is 0 Å². The fourth-order valence-electron chi connectivity index (χ4n) is 2.16. The quantitative estimate of drug-likeness (QED) is 0.410. The summed E-state index contributed by atoms with van der Waals surface area (Å²) in [6.07, 6.45) is 1.02. The van der Waals surface area contributed by atoms with Crippen LogP contribution < -0.4 is 5.32 Å². The molecule has 2 aromatic rings. The molecule has 0 amide bonds. The van der Waals surface area contributed by atoms with Crippen LogP contribution in [0.5, 0.6) is 0 Å². The maximum atomic E-state index is 8.83. The largest absolute Gasteiger partial charge is 0.357 e. The Balaban J connectivity index is 0.00000288. The maximum absolute atomic E-state index is 8.83. The third-order valence-corrected chi connectivity index (χ3v) is 4.40. The number of hydrogen-bond donors (Lipinski definition) is 1. The Morgan fingerprint density at radius 1 is 1.29 bits per heavy atom. The van der Waals surface area contributed by atoms with Gasteiger partial charge in [0.15, 0.2) is 5.96 Å². The second-order valence-electron chi connectivity index (χ2n) is 5.23. The van der Waals surface area contributed by atoms with E-state index in [1.807, 2.05) is 24.3 Å². The van der Waals surface area contributed by atoms with E-state index >= 15 is 0 Å². The van der Waals surface area contributed by atoms with Crippen molar-refractivity contribution in [2.45, 2.75) is 19.9 Å². The minimum absolute atomic E-state index is 0. The summed E-state index contributed by atoms with van der Waals surface area (Å²) in [4.78, 5) is 8.24. The van der Waals surface area contributed by atoms with Gasteiger partial charge in [-0.2, -0.15) is 5.26 Å². The molecule has 0 bridgehead atoms. The van der Waals surface area contributed by atoms with E-state index in [0.29, 0.717) is 12.1 Å². The first-order chi connectivity index (χ1) is 11.2. The van der Waals surface area contributed by atoms with Gasteiger partial charge in [-0.1, -0.05) is 18.2 Å². The monoisotopic (exact) mass is 454 g/mol. The average Bonchev–Trinajstić information content (AvgIpc) is 3.10. The summed E-state index contributed by atoms with van der Waals surface area (Å²) in [7, 11) is 2.06. The molecule has 0 aliphatic carbocycles. The van der Waals surface area contributed by atoms with Gasteiger partial charge in [0.05, 0.1) is 18.2 Å². The van der Waals surface area contributed by atoms with E-state index in [4.69, 9.17) is 10.3 Å². The number of nitriles is 1. The van der Waals surface area contributed by atoms with Gasteiger partial charge < -0.3 is 10.2 Å². The molecule has 4 nitrogen and oxygen atoms in total. The highest BCUT2D eigenvalue weighted by Crippen LogP contribution is 2.10. The summed E-state index contributed by atoms with van der Waals surface area (Å²) in [5, 5.41) is 14.3. The van der Waals surface area contributed by atoms with E-state index in [1.54, 1.807) is 11.3 Å². The molecule has 6 heteroatoms. The van der Waals surface area contributed by atoms with Gasteiger partial charge >= 0.3 is 0 Å². The van der Waals surface area contributed by atoms with Crippen molar-refractivity contribution in [1.29, 1.82) is 5.26 Å². The number of benzene rings is 1. The molecule has 0 aliphatic rings. The standard InChI is InChI=1S/C18H22N4S.HI/c1-3-20-18(22(2)11-10-17-5-4-12-23-17)21-14-16-8-6-15(13-19)7-9-16;/h4-9,12H,3,10-11,14H2,1-2H3,(H,20,21);1H. The summed E-state index contributed by atoms with van der Waals surface area (Å²) in [5.74, 6) is 0.911. The van der Waals surface area contributed by atoms with Crippen molar-refractivity contribution in [3.8, 4) is 6.07 Å². The van der Waals surface area contributed by atoms with Gasteiger partial charge in [0.25, 0.3) is 0 Å². The molecule has 0 radical (unpaired) electrons. The fraction of sp³-hybridized carbons (Fsp3) is 0.333. The number of guanidine groups is 1. The SMILES string of the molecule is CCNC(=NCc1ccc(C#N)cc1)N(C)CCc1cccs1.I. The fourth-order valence-corrected chi connectivity index (χ4v) is 2.86. The van der Waals surface area contributed by atoms with Gasteiger partial charge in [0.1, 0.15) is 0 Å². The number of nitrogens with zero attached hydrogens (tertiary/aromatic N) is 3. The molecule has 1 N–H and O–H groups in total. The summed E-state index contributed by atoms with van der Waals surface area (Å²) in [6.45, 7) is 4.46. The minimum Gasteiger partial charge on any atom is -0.357 e. The molecule has 1 heterocycles. The van der Waals surface area contributed by atoms with E-state index in [0.717, 1.165) is 31.0 Å². The molecule has 0 saturated carbocycles. The van der Waals surface area contributed by atoms with Gasteiger partial charge in [0, 0.05) is 25.0 Å². The van der Waals surface area contributed by atoms with Crippen LogP contribution in [0.2, 0.25) is 0 Å². The predicted molar refractivity (Wildman–Crippen MR) is 112 cm³/mol. The molecule has 0 atom stereocenters. The first-order valence-corrected chi connectivity index (χ1v) is 8.61. The highest BCUT2D eigenvalue weighted by atomic mass is 127. The Morgan fingerprint density at radius 3 is 2.62 bits per heavy atom. The summed E-state index contributed by atoms with van der Waals surface area (Å²) < 4.78 is 0. The van der Waals surface area contributed by atoms with Crippen molar-refractivity contribution in [3.63, 3.8) is 0 Å². The van der Waals surface area contributed by atoms with Crippen molar-refractivity contribution < 1.29 is 0 Å². The summed E-state index contributed by atoms with van der Waals surface area (Å²) >= 11 is 1.79. The van der Waals surface area contributed by atoms with Crippen LogP contribution in [0.4, 0.5) is 0 Å². The zero-order chi connectivity index (χ0) is 16.5. The number of likely N-dealkylation sites (N-methyl/N-ethyl adjacent to an activating group) is 1. The molecular formula is C18H23IN4S. The van der Waals surface area contributed by atoms with Crippen molar-refractivity contribution in [2.24, 2.45) is 4.99 Å². The molecule has 24 heavy (non-hydrogen) atoms. The van der Waals surface area contributed by atoms with Crippen LogP contribution >= 0.6 is 35.3 Å².